The summed E-state index contributed by atoms with van der Waals surface area (Å²) in [6.45, 7) is 5.70. The Balaban J connectivity index is 2.21. The maximum atomic E-state index is 13.2. The van der Waals surface area contributed by atoms with E-state index in [2.05, 4.69) is 18.7 Å². The van der Waals surface area contributed by atoms with E-state index in [-0.39, 0.29) is 43.8 Å². The molecular formula is C37H70N2O5. The third-order valence-corrected chi connectivity index (χ3v) is 9.09. The summed E-state index contributed by atoms with van der Waals surface area (Å²) in [6.07, 6.45) is 29.8. The van der Waals surface area contributed by atoms with Gasteiger partial charge in [-0.05, 0) is 39.3 Å². The number of carbonyl (C=O) groups excluding carboxylic acids is 3. The minimum atomic E-state index is -0.257. The van der Waals surface area contributed by atoms with Crippen LogP contribution in [-0.2, 0) is 23.9 Å². The topological polar surface area (TPSA) is 76.1 Å². The second-order valence-corrected chi connectivity index (χ2v) is 13.2. The third-order valence-electron chi connectivity index (χ3n) is 9.09. The maximum absolute atomic E-state index is 13.2. The highest BCUT2D eigenvalue weighted by Gasteiger charge is 2.31. The molecule has 1 rings (SSSR count). The molecule has 0 spiro atoms. The van der Waals surface area contributed by atoms with Gasteiger partial charge in [0.05, 0.1) is 12.6 Å². The first-order chi connectivity index (χ1) is 21.5. The van der Waals surface area contributed by atoms with E-state index in [0.29, 0.717) is 12.8 Å². The standard InChI is InChI=1S/C37H70N2O5/c1-4-6-8-10-12-14-16-18-20-22-24-28-35(40)43-32-31-39(37(42)34-27-26-30-38(34)3)33-44-36(41)29-25-23-21-19-17-15-13-11-9-7-5-2/h34H,4-33H2,1-3H3/t34-/m1/s1. The average Bonchev–Trinajstić information content (AvgIpc) is 3.45. The van der Waals surface area contributed by atoms with E-state index >= 15 is 0 Å². The van der Waals surface area contributed by atoms with E-state index in [9.17, 15) is 14.4 Å². The molecule has 0 bridgehead atoms. The monoisotopic (exact) mass is 623 g/mol. The number of esters is 2. The summed E-state index contributed by atoms with van der Waals surface area (Å²) in [4.78, 5) is 41.6. The lowest BCUT2D eigenvalue weighted by Gasteiger charge is -2.28. The molecule has 7 nitrogen and oxygen atoms in total. The van der Waals surface area contributed by atoms with Crippen molar-refractivity contribution in [2.24, 2.45) is 0 Å². The molecule has 0 aromatic heterocycles. The van der Waals surface area contributed by atoms with E-state index in [1.165, 1.54) is 109 Å². The van der Waals surface area contributed by atoms with E-state index in [0.717, 1.165) is 51.5 Å². The van der Waals surface area contributed by atoms with Crippen molar-refractivity contribution < 1.29 is 23.9 Å². The zero-order valence-corrected chi connectivity index (χ0v) is 29.2. The average molecular weight is 623 g/mol. The second-order valence-electron chi connectivity index (χ2n) is 13.2. The fourth-order valence-corrected chi connectivity index (χ4v) is 6.10. The molecule has 1 saturated heterocycles. The quantitative estimate of drug-likeness (QED) is 0.0451. The van der Waals surface area contributed by atoms with Gasteiger partial charge in [0.15, 0.2) is 6.73 Å². The van der Waals surface area contributed by atoms with Crippen molar-refractivity contribution in [1.82, 2.24) is 9.80 Å². The first-order valence-electron chi connectivity index (χ1n) is 18.8. The minimum Gasteiger partial charge on any atom is -0.464 e. The van der Waals surface area contributed by atoms with Gasteiger partial charge in [-0.25, -0.2) is 0 Å². The molecule has 0 aliphatic carbocycles. The Kier molecular flexibility index (Phi) is 26.5. The third kappa shape index (κ3) is 22.0. The first kappa shape index (κ1) is 40.4. The number of likely N-dealkylation sites (N-methyl/N-ethyl adjacent to an activating group) is 1. The largest absolute Gasteiger partial charge is 0.464 e. The second kappa shape index (κ2) is 28.8. The van der Waals surface area contributed by atoms with Crippen molar-refractivity contribution in [3.63, 3.8) is 0 Å². The van der Waals surface area contributed by atoms with Gasteiger partial charge in [0.1, 0.15) is 6.61 Å². The Bertz CT molecular complexity index is 716. The molecular weight excluding hydrogens is 552 g/mol. The van der Waals surface area contributed by atoms with Crippen molar-refractivity contribution in [3.8, 4) is 0 Å². The first-order valence-corrected chi connectivity index (χ1v) is 18.8. The summed E-state index contributed by atoms with van der Waals surface area (Å²) < 4.78 is 11.0. The molecule has 1 aliphatic rings. The number of ether oxygens (including phenoxy) is 2. The van der Waals surface area contributed by atoms with Crippen LogP contribution < -0.4 is 0 Å². The van der Waals surface area contributed by atoms with E-state index < -0.39 is 0 Å². The number of amides is 1. The maximum Gasteiger partial charge on any atom is 0.307 e. The van der Waals surface area contributed by atoms with Crippen LogP contribution in [0.2, 0.25) is 0 Å². The van der Waals surface area contributed by atoms with Gasteiger partial charge in [0.25, 0.3) is 0 Å². The fraction of sp³-hybridized carbons (Fsp3) is 0.919. The number of nitrogens with zero attached hydrogens (tertiary/aromatic N) is 2. The van der Waals surface area contributed by atoms with Crippen LogP contribution in [0.3, 0.4) is 0 Å². The summed E-state index contributed by atoms with van der Waals surface area (Å²) in [7, 11) is 1.96. The van der Waals surface area contributed by atoms with E-state index in [1.54, 1.807) is 4.90 Å². The SMILES string of the molecule is CCCCCCCCCCCCCC(=O)OCCN(COC(=O)CCCCCCCCCCCCC)C(=O)[C@H]1CCCN1C. The summed E-state index contributed by atoms with van der Waals surface area (Å²) in [5.41, 5.74) is 0. The van der Waals surface area contributed by atoms with Gasteiger partial charge in [0, 0.05) is 12.8 Å². The summed E-state index contributed by atoms with van der Waals surface area (Å²) >= 11 is 0. The number of unbranched alkanes of at least 4 members (excludes halogenated alkanes) is 20. The zero-order valence-electron chi connectivity index (χ0n) is 29.2. The van der Waals surface area contributed by atoms with Crippen LogP contribution in [0, 0.1) is 0 Å². The van der Waals surface area contributed by atoms with Gasteiger partial charge in [-0.3, -0.25) is 19.3 Å². The lowest BCUT2D eigenvalue weighted by Crippen LogP contribution is -2.46. The van der Waals surface area contributed by atoms with E-state index in [1.807, 2.05) is 7.05 Å². The van der Waals surface area contributed by atoms with Crippen molar-refractivity contribution in [2.75, 3.05) is 33.5 Å². The Morgan fingerprint density at radius 1 is 0.614 bits per heavy atom. The highest BCUT2D eigenvalue weighted by molar-refractivity contribution is 5.82. The normalized spacial score (nSPS) is 15.0. The Morgan fingerprint density at radius 2 is 1.02 bits per heavy atom. The van der Waals surface area contributed by atoms with Crippen molar-refractivity contribution in [2.45, 2.75) is 187 Å². The molecule has 1 atom stereocenters. The molecule has 0 aromatic rings. The summed E-state index contributed by atoms with van der Waals surface area (Å²) in [6, 6.07) is -0.201. The molecule has 0 aromatic carbocycles. The Labute approximate surface area is 271 Å². The van der Waals surface area contributed by atoms with Crippen LogP contribution in [0.15, 0.2) is 0 Å². The number of hydrogen-bond acceptors (Lipinski definition) is 6. The fourth-order valence-electron chi connectivity index (χ4n) is 6.10. The van der Waals surface area contributed by atoms with Gasteiger partial charge >= 0.3 is 11.9 Å². The van der Waals surface area contributed by atoms with Crippen LogP contribution >= 0.6 is 0 Å². The minimum absolute atomic E-state index is 0.0473. The number of hydrogen-bond donors (Lipinski definition) is 0. The lowest BCUT2D eigenvalue weighted by atomic mass is 10.1. The van der Waals surface area contributed by atoms with Crippen molar-refractivity contribution >= 4 is 17.8 Å². The van der Waals surface area contributed by atoms with Crippen molar-refractivity contribution in [1.29, 1.82) is 0 Å². The van der Waals surface area contributed by atoms with E-state index in [4.69, 9.17) is 9.47 Å². The highest BCUT2D eigenvalue weighted by atomic mass is 16.5. The van der Waals surface area contributed by atoms with Crippen LogP contribution in [-0.4, -0.2) is 67.2 Å². The number of rotatable bonds is 30. The highest BCUT2D eigenvalue weighted by Crippen LogP contribution is 2.18. The molecule has 0 unspecified atom stereocenters. The smallest absolute Gasteiger partial charge is 0.307 e. The lowest BCUT2D eigenvalue weighted by molar-refractivity contribution is -0.157. The molecule has 258 valence electrons. The van der Waals surface area contributed by atoms with Gasteiger partial charge in [-0.15, -0.1) is 0 Å². The molecule has 1 amide bonds. The molecule has 0 saturated carbocycles. The van der Waals surface area contributed by atoms with Gasteiger partial charge < -0.3 is 14.4 Å². The number of carbonyl (C=O) groups is 3. The molecule has 1 aliphatic heterocycles. The Morgan fingerprint density at radius 3 is 1.43 bits per heavy atom. The van der Waals surface area contributed by atoms with Crippen LogP contribution in [0.1, 0.15) is 181 Å². The molecule has 44 heavy (non-hydrogen) atoms. The van der Waals surface area contributed by atoms with Gasteiger partial charge in [0.2, 0.25) is 5.91 Å². The van der Waals surface area contributed by atoms with Crippen LogP contribution in [0.5, 0.6) is 0 Å². The Hall–Kier alpha value is -1.63. The molecule has 0 radical (unpaired) electrons. The zero-order chi connectivity index (χ0) is 32.1. The van der Waals surface area contributed by atoms with Crippen LogP contribution in [0.4, 0.5) is 0 Å². The molecule has 7 heteroatoms. The van der Waals surface area contributed by atoms with Gasteiger partial charge in [-0.2, -0.15) is 0 Å². The predicted molar refractivity (Wildman–Crippen MR) is 181 cm³/mol. The summed E-state index contributed by atoms with van der Waals surface area (Å²) in [5.74, 6) is -0.513. The molecule has 0 N–H and O–H groups in total. The molecule has 1 fully saturated rings. The summed E-state index contributed by atoms with van der Waals surface area (Å²) in [5, 5.41) is 0. The molecule has 1 heterocycles. The number of likely N-dealkylation sites (tertiary alicyclic amines) is 1. The van der Waals surface area contributed by atoms with Gasteiger partial charge in [-0.1, -0.05) is 142 Å². The van der Waals surface area contributed by atoms with Crippen molar-refractivity contribution in [3.05, 3.63) is 0 Å². The predicted octanol–water partition coefficient (Wildman–Crippen LogP) is 9.36. The van der Waals surface area contributed by atoms with Crippen LogP contribution in [0.25, 0.3) is 0 Å².